The Morgan fingerprint density at radius 3 is 2.71 bits per heavy atom. The number of pyridine rings is 1. The summed E-state index contributed by atoms with van der Waals surface area (Å²) in [6, 6.07) is 6.50. The van der Waals surface area contributed by atoms with Gasteiger partial charge in [0.25, 0.3) is 5.91 Å². The van der Waals surface area contributed by atoms with E-state index in [-0.39, 0.29) is 30.3 Å². The minimum Gasteiger partial charge on any atom is -0.474 e. The maximum absolute atomic E-state index is 13.2. The first kappa shape index (κ1) is 23.1. The Kier molecular flexibility index (Phi) is 6.14. The van der Waals surface area contributed by atoms with Crippen LogP contribution in [0.4, 0.5) is 30.2 Å². The van der Waals surface area contributed by atoms with Crippen LogP contribution in [-0.2, 0) is 18.0 Å². The molecule has 1 aliphatic rings. The van der Waals surface area contributed by atoms with E-state index in [1.54, 1.807) is 36.3 Å². The molecule has 0 saturated heterocycles. The number of nitrogens with zero attached hydrogens (tertiary/aromatic N) is 4. The summed E-state index contributed by atoms with van der Waals surface area (Å²) < 4.78 is 46.5. The minimum atomic E-state index is -4.56. The van der Waals surface area contributed by atoms with Crippen LogP contribution in [0.5, 0.6) is 5.88 Å². The normalized spacial score (nSPS) is 14.1. The van der Waals surface area contributed by atoms with Crippen molar-refractivity contribution in [2.75, 3.05) is 23.4 Å². The Morgan fingerprint density at radius 1 is 1.21 bits per heavy atom. The molecule has 2 N–H and O–H groups in total. The Labute approximate surface area is 192 Å². The van der Waals surface area contributed by atoms with E-state index in [1.165, 1.54) is 23.9 Å². The maximum atomic E-state index is 13.2. The van der Waals surface area contributed by atoms with E-state index in [9.17, 15) is 22.8 Å². The van der Waals surface area contributed by atoms with Crippen molar-refractivity contribution in [3.8, 4) is 5.88 Å². The van der Waals surface area contributed by atoms with Gasteiger partial charge in [0.15, 0.2) is 0 Å². The fraction of sp³-hybridized carbons (Fsp3) is 0.273. The maximum Gasteiger partial charge on any atom is 0.417 e. The van der Waals surface area contributed by atoms with Crippen molar-refractivity contribution in [3.05, 3.63) is 60.0 Å². The Bertz CT molecular complexity index is 1230. The van der Waals surface area contributed by atoms with Crippen molar-refractivity contribution in [1.29, 1.82) is 0 Å². The molecule has 178 valence electrons. The van der Waals surface area contributed by atoms with E-state index < -0.39 is 29.6 Å². The molecule has 1 aliphatic heterocycles. The highest BCUT2D eigenvalue weighted by atomic mass is 19.4. The van der Waals surface area contributed by atoms with E-state index in [4.69, 9.17) is 4.74 Å². The van der Waals surface area contributed by atoms with Gasteiger partial charge in [-0.25, -0.2) is 4.98 Å². The van der Waals surface area contributed by atoms with Crippen LogP contribution in [0.1, 0.15) is 22.8 Å². The number of anilines is 3. The lowest BCUT2D eigenvalue weighted by molar-refractivity contribution is -0.137. The summed E-state index contributed by atoms with van der Waals surface area (Å²) in [4.78, 5) is 30.5. The largest absolute Gasteiger partial charge is 0.474 e. The van der Waals surface area contributed by atoms with Gasteiger partial charge in [-0.05, 0) is 31.2 Å². The summed E-state index contributed by atoms with van der Waals surface area (Å²) in [5.41, 5.74) is 0.484. The van der Waals surface area contributed by atoms with Crippen molar-refractivity contribution < 1.29 is 27.5 Å². The lowest BCUT2D eigenvalue weighted by atomic mass is 10.1. The van der Waals surface area contributed by atoms with E-state index in [1.807, 2.05) is 0 Å². The van der Waals surface area contributed by atoms with Crippen LogP contribution in [0.15, 0.2) is 48.9 Å². The third-order valence-corrected chi connectivity index (χ3v) is 5.14. The Morgan fingerprint density at radius 2 is 2.00 bits per heavy atom. The van der Waals surface area contributed by atoms with Crippen LogP contribution < -0.4 is 20.3 Å². The average Bonchev–Trinajstić information content (AvgIpc) is 3.22. The van der Waals surface area contributed by atoms with E-state index in [0.717, 1.165) is 12.3 Å². The molecule has 1 atom stereocenters. The molecule has 0 bridgehead atoms. The van der Waals surface area contributed by atoms with Crippen molar-refractivity contribution in [3.63, 3.8) is 0 Å². The number of aryl methyl sites for hydroxylation is 1. The molecule has 34 heavy (non-hydrogen) atoms. The number of alkyl halides is 3. The SMILES string of the molecule is CC(NC(=O)c1cccc(N2CCOc3ncc(C(F)(F)F)cc32)c1)C(=O)Nc1cnn(C)c1. The first-order valence-corrected chi connectivity index (χ1v) is 10.3. The topological polar surface area (TPSA) is 101 Å². The molecule has 9 nitrogen and oxygen atoms in total. The molecule has 1 aromatic carbocycles. The van der Waals surface area contributed by atoms with Crippen molar-refractivity contribution >= 4 is 28.9 Å². The van der Waals surface area contributed by atoms with Gasteiger partial charge in [-0.15, -0.1) is 0 Å². The minimum absolute atomic E-state index is 0.0785. The number of carbonyl (C=O) groups is 2. The summed E-state index contributed by atoms with van der Waals surface area (Å²) in [6.45, 7) is 2.02. The van der Waals surface area contributed by atoms with Gasteiger partial charge in [0.2, 0.25) is 11.8 Å². The number of benzene rings is 1. The Hall–Kier alpha value is -4.09. The second-order valence-corrected chi connectivity index (χ2v) is 7.68. The van der Waals surface area contributed by atoms with E-state index in [0.29, 0.717) is 11.4 Å². The zero-order valence-electron chi connectivity index (χ0n) is 18.3. The number of halogens is 3. The first-order chi connectivity index (χ1) is 16.1. The molecule has 2 amide bonds. The number of nitrogens with one attached hydrogen (secondary N) is 2. The molecule has 3 aromatic rings. The third kappa shape index (κ3) is 4.95. The number of ether oxygens (including phenoxy) is 1. The van der Waals surface area contributed by atoms with Gasteiger partial charge < -0.3 is 20.3 Å². The van der Waals surface area contributed by atoms with Crippen molar-refractivity contribution in [2.45, 2.75) is 19.1 Å². The molecule has 1 unspecified atom stereocenters. The molecular formula is C22H21F3N6O3. The average molecular weight is 474 g/mol. The van der Waals surface area contributed by atoms with Crippen LogP contribution in [-0.4, -0.2) is 45.8 Å². The Balaban J connectivity index is 1.51. The van der Waals surface area contributed by atoms with Gasteiger partial charge in [-0.3, -0.25) is 14.3 Å². The summed E-state index contributed by atoms with van der Waals surface area (Å²) in [7, 11) is 1.71. The fourth-order valence-electron chi connectivity index (χ4n) is 3.42. The highest BCUT2D eigenvalue weighted by Gasteiger charge is 2.33. The van der Waals surface area contributed by atoms with Gasteiger partial charge in [0, 0.05) is 30.7 Å². The quantitative estimate of drug-likeness (QED) is 0.589. The van der Waals surface area contributed by atoms with Gasteiger partial charge >= 0.3 is 6.18 Å². The van der Waals surface area contributed by atoms with Crippen LogP contribution in [0.3, 0.4) is 0 Å². The van der Waals surface area contributed by atoms with E-state index >= 15 is 0 Å². The second-order valence-electron chi connectivity index (χ2n) is 7.68. The fourth-order valence-corrected chi connectivity index (χ4v) is 3.42. The monoisotopic (exact) mass is 474 g/mol. The van der Waals surface area contributed by atoms with Crippen molar-refractivity contribution in [1.82, 2.24) is 20.1 Å². The number of hydrogen-bond acceptors (Lipinski definition) is 6. The summed E-state index contributed by atoms with van der Waals surface area (Å²) in [5, 5.41) is 9.23. The smallest absolute Gasteiger partial charge is 0.417 e. The van der Waals surface area contributed by atoms with Gasteiger partial charge in [0.1, 0.15) is 18.3 Å². The molecule has 2 aromatic heterocycles. The third-order valence-electron chi connectivity index (χ3n) is 5.14. The number of hydrogen-bond donors (Lipinski definition) is 2. The first-order valence-electron chi connectivity index (χ1n) is 10.3. The number of amides is 2. The summed E-state index contributed by atoms with van der Waals surface area (Å²) in [6.07, 6.45) is -0.728. The molecule has 12 heteroatoms. The molecule has 0 radical (unpaired) electrons. The number of carbonyl (C=O) groups excluding carboxylic acids is 2. The highest BCUT2D eigenvalue weighted by molar-refractivity contribution is 6.01. The molecule has 0 aliphatic carbocycles. The lowest BCUT2D eigenvalue weighted by Gasteiger charge is -2.31. The van der Waals surface area contributed by atoms with Crippen LogP contribution >= 0.6 is 0 Å². The zero-order valence-corrected chi connectivity index (χ0v) is 18.3. The van der Waals surface area contributed by atoms with Crippen LogP contribution in [0, 0.1) is 0 Å². The van der Waals surface area contributed by atoms with Gasteiger partial charge in [-0.2, -0.15) is 18.3 Å². The standard InChI is InChI=1S/C22H21F3N6O3/c1-13(19(32)29-16-11-27-30(2)12-16)28-20(33)14-4-3-5-17(8-14)31-6-7-34-21-18(31)9-15(10-26-21)22(23,24)25/h3-5,8-13H,6-7H2,1-2H3,(H,28,33)(H,29,32). The zero-order chi connectivity index (χ0) is 24.5. The predicted octanol–water partition coefficient (Wildman–Crippen LogP) is 3.12. The molecular weight excluding hydrogens is 453 g/mol. The number of fused-ring (bicyclic) bond motifs is 1. The van der Waals surface area contributed by atoms with Crippen LogP contribution in [0.25, 0.3) is 0 Å². The highest BCUT2D eigenvalue weighted by Crippen LogP contribution is 2.39. The lowest BCUT2D eigenvalue weighted by Crippen LogP contribution is -2.41. The summed E-state index contributed by atoms with van der Waals surface area (Å²) >= 11 is 0. The van der Waals surface area contributed by atoms with Crippen molar-refractivity contribution in [2.24, 2.45) is 7.05 Å². The van der Waals surface area contributed by atoms with E-state index in [2.05, 4.69) is 20.7 Å². The molecule has 0 spiro atoms. The molecule has 3 heterocycles. The summed E-state index contributed by atoms with van der Waals surface area (Å²) in [5.74, 6) is -0.855. The van der Waals surface area contributed by atoms with Gasteiger partial charge in [-0.1, -0.05) is 6.07 Å². The predicted molar refractivity (Wildman–Crippen MR) is 117 cm³/mol. The molecule has 0 saturated carbocycles. The van der Waals surface area contributed by atoms with Crippen LogP contribution in [0.2, 0.25) is 0 Å². The van der Waals surface area contributed by atoms with Gasteiger partial charge in [0.05, 0.1) is 24.0 Å². The molecule has 4 rings (SSSR count). The molecule has 0 fully saturated rings. The second kappa shape index (κ2) is 9.04. The number of aromatic nitrogens is 3. The number of rotatable bonds is 5.